The number of para-hydroxylation sites is 2. The smallest absolute Gasteiger partial charge is 0.161 e. The van der Waals surface area contributed by atoms with E-state index in [9.17, 15) is 5.11 Å². The summed E-state index contributed by atoms with van der Waals surface area (Å²) in [5.41, 5.74) is 0. The Kier molecular flexibility index (Phi) is 7.00. The van der Waals surface area contributed by atoms with Gasteiger partial charge in [-0.2, -0.15) is 0 Å². The minimum absolute atomic E-state index is 0.262. The Morgan fingerprint density at radius 1 is 1.26 bits per heavy atom. The van der Waals surface area contributed by atoms with Gasteiger partial charge >= 0.3 is 0 Å². The molecule has 0 fully saturated rings. The van der Waals surface area contributed by atoms with Crippen LogP contribution in [-0.2, 0) is 0 Å². The molecule has 0 aliphatic carbocycles. The van der Waals surface area contributed by atoms with E-state index >= 15 is 0 Å². The number of quaternary nitrogens is 1. The van der Waals surface area contributed by atoms with E-state index in [-0.39, 0.29) is 6.61 Å². The van der Waals surface area contributed by atoms with Gasteiger partial charge in [0.25, 0.3) is 0 Å². The Balaban J connectivity index is 2.45. The Morgan fingerprint density at radius 2 is 1.89 bits per heavy atom. The van der Waals surface area contributed by atoms with Gasteiger partial charge in [-0.05, 0) is 26.0 Å². The van der Waals surface area contributed by atoms with Crippen molar-refractivity contribution in [1.29, 1.82) is 0 Å². The highest BCUT2D eigenvalue weighted by Crippen LogP contribution is 2.26. The van der Waals surface area contributed by atoms with Gasteiger partial charge in [0, 0.05) is 0 Å². The van der Waals surface area contributed by atoms with E-state index < -0.39 is 6.10 Å². The fourth-order valence-corrected chi connectivity index (χ4v) is 1.52. The quantitative estimate of drug-likeness (QED) is 0.655. The zero-order valence-electron chi connectivity index (χ0n) is 11.7. The van der Waals surface area contributed by atoms with Crippen LogP contribution in [0.3, 0.4) is 0 Å². The van der Waals surface area contributed by atoms with E-state index in [1.807, 2.05) is 24.3 Å². The first-order valence-electron chi connectivity index (χ1n) is 6.60. The van der Waals surface area contributed by atoms with Crippen LogP contribution in [0.15, 0.2) is 36.9 Å². The van der Waals surface area contributed by atoms with Crippen molar-refractivity contribution in [3.63, 3.8) is 0 Å². The number of benzene rings is 1. The normalized spacial score (nSPS) is 12.2. The molecule has 1 rings (SSSR count). The maximum Gasteiger partial charge on any atom is 0.161 e. The first kappa shape index (κ1) is 15.5. The van der Waals surface area contributed by atoms with Crippen molar-refractivity contribution in [3.8, 4) is 11.5 Å². The standard InChI is InChI=1S/C15H23NO3/c1-4-9-18-14-7-5-6-8-15(14)19-11-13(17)10-16-12(2)3/h4-8,12-13,16-17H,1,9-11H2,2-3H3/p+1/t13-/m1/s1. The summed E-state index contributed by atoms with van der Waals surface area (Å²) >= 11 is 0. The molecule has 1 atom stereocenters. The minimum atomic E-state index is -0.491. The summed E-state index contributed by atoms with van der Waals surface area (Å²) in [6.07, 6.45) is 1.19. The highest BCUT2D eigenvalue weighted by Gasteiger charge is 2.10. The van der Waals surface area contributed by atoms with E-state index in [4.69, 9.17) is 9.47 Å². The number of nitrogens with two attached hydrogens (primary N) is 1. The van der Waals surface area contributed by atoms with Crippen molar-refractivity contribution in [2.45, 2.75) is 26.0 Å². The monoisotopic (exact) mass is 266 g/mol. The van der Waals surface area contributed by atoms with Crippen LogP contribution in [0.4, 0.5) is 0 Å². The van der Waals surface area contributed by atoms with E-state index in [0.717, 1.165) is 0 Å². The second kappa shape index (κ2) is 8.56. The molecule has 0 aromatic heterocycles. The van der Waals surface area contributed by atoms with Gasteiger partial charge in [-0.15, -0.1) is 0 Å². The van der Waals surface area contributed by atoms with Crippen LogP contribution in [-0.4, -0.2) is 37.0 Å². The lowest BCUT2D eigenvalue weighted by molar-refractivity contribution is -0.688. The van der Waals surface area contributed by atoms with Crippen LogP contribution in [0, 0.1) is 0 Å². The molecule has 0 radical (unpaired) electrons. The van der Waals surface area contributed by atoms with Crippen LogP contribution >= 0.6 is 0 Å². The summed E-state index contributed by atoms with van der Waals surface area (Å²) in [5.74, 6) is 1.32. The summed E-state index contributed by atoms with van der Waals surface area (Å²) in [4.78, 5) is 0. The van der Waals surface area contributed by atoms with Gasteiger partial charge in [-0.3, -0.25) is 0 Å². The average Bonchev–Trinajstić information content (AvgIpc) is 2.41. The number of hydrogen-bond donors (Lipinski definition) is 2. The molecule has 1 aromatic carbocycles. The third-order valence-electron chi connectivity index (χ3n) is 2.52. The predicted octanol–water partition coefficient (Wildman–Crippen LogP) is 0.963. The largest absolute Gasteiger partial charge is 0.487 e. The molecular weight excluding hydrogens is 242 g/mol. The summed E-state index contributed by atoms with van der Waals surface area (Å²) in [7, 11) is 0. The van der Waals surface area contributed by atoms with Crippen molar-refractivity contribution in [2.75, 3.05) is 19.8 Å². The van der Waals surface area contributed by atoms with Gasteiger partial charge in [-0.1, -0.05) is 24.8 Å². The summed E-state index contributed by atoms with van der Waals surface area (Å²) in [6, 6.07) is 7.90. The van der Waals surface area contributed by atoms with Gasteiger partial charge in [0.05, 0.1) is 6.04 Å². The molecule has 0 heterocycles. The predicted molar refractivity (Wildman–Crippen MR) is 75.6 cm³/mol. The van der Waals surface area contributed by atoms with Gasteiger partial charge < -0.3 is 19.9 Å². The molecule has 0 aliphatic rings. The Morgan fingerprint density at radius 3 is 2.47 bits per heavy atom. The fourth-order valence-electron chi connectivity index (χ4n) is 1.52. The van der Waals surface area contributed by atoms with Crippen molar-refractivity contribution in [2.24, 2.45) is 0 Å². The molecule has 4 nitrogen and oxygen atoms in total. The Bertz CT molecular complexity index is 379. The molecule has 0 bridgehead atoms. The van der Waals surface area contributed by atoms with Crippen LogP contribution in [0.1, 0.15) is 13.8 Å². The van der Waals surface area contributed by atoms with Gasteiger partial charge in [0.15, 0.2) is 11.5 Å². The molecule has 0 spiro atoms. The molecule has 0 saturated carbocycles. The highest BCUT2D eigenvalue weighted by atomic mass is 16.5. The van der Waals surface area contributed by atoms with Crippen molar-refractivity contribution in [1.82, 2.24) is 0 Å². The van der Waals surface area contributed by atoms with Crippen LogP contribution in [0.5, 0.6) is 11.5 Å². The minimum Gasteiger partial charge on any atom is -0.487 e. The molecule has 0 unspecified atom stereocenters. The summed E-state index contributed by atoms with van der Waals surface area (Å²) in [5, 5.41) is 11.9. The van der Waals surface area contributed by atoms with Crippen molar-refractivity contribution >= 4 is 0 Å². The molecule has 4 heteroatoms. The average molecular weight is 266 g/mol. The molecule has 0 saturated heterocycles. The summed E-state index contributed by atoms with van der Waals surface area (Å²) in [6.45, 7) is 9.12. The summed E-state index contributed by atoms with van der Waals surface area (Å²) < 4.78 is 11.1. The van der Waals surface area contributed by atoms with E-state index in [0.29, 0.717) is 30.7 Å². The van der Waals surface area contributed by atoms with E-state index in [1.165, 1.54) is 0 Å². The molecule has 19 heavy (non-hydrogen) atoms. The van der Waals surface area contributed by atoms with Crippen LogP contribution in [0.25, 0.3) is 0 Å². The number of hydrogen-bond acceptors (Lipinski definition) is 3. The molecule has 0 amide bonds. The maximum atomic E-state index is 9.81. The van der Waals surface area contributed by atoms with Crippen LogP contribution in [0.2, 0.25) is 0 Å². The number of rotatable bonds is 9. The third-order valence-corrected chi connectivity index (χ3v) is 2.52. The highest BCUT2D eigenvalue weighted by molar-refractivity contribution is 5.39. The van der Waals surface area contributed by atoms with Gasteiger partial charge in [0.2, 0.25) is 0 Å². The third kappa shape index (κ3) is 6.27. The van der Waals surface area contributed by atoms with Crippen LogP contribution < -0.4 is 14.8 Å². The zero-order valence-corrected chi connectivity index (χ0v) is 11.7. The molecule has 1 aromatic rings. The van der Waals surface area contributed by atoms with Crippen molar-refractivity contribution < 1.29 is 19.9 Å². The van der Waals surface area contributed by atoms with Crippen molar-refractivity contribution in [3.05, 3.63) is 36.9 Å². The maximum absolute atomic E-state index is 9.81. The molecule has 106 valence electrons. The Hall–Kier alpha value is -1.52. The van der Waals surface area contributed by atoms with E-state index in [1.54, 1.807) is 6.08 Å². The SMILES string of the molecule is C=CCOc1ccccc1OC[C@H](O)C[NH2+]C(C)C. The molecular formula is C15H24NO3+. The topological polar surface area (TPSA) is 55.3 Å². The molecule has 0 aliphatic heterocycles. The fraction of sp³-hybridized carbons (Fsp3) is 0.467. The van der Waals surface area contributed by atoms with E-state index in [2.05, 4.69) is 25.7 Å². The second-order valence-electron chi connectivity index (χ2n) is 4.73. The lowest BCUT2D eigenvalue weighted by Crippen LogP contribution is -2.90. The first-order valence-corrected chi connectivity index (χ1v) is 6.60. The number of aliphatic hydroxyl groups excluding tert-OH is 1. The molecule has 3 N–H and O–H groups in total. The lowest BCUT2D eigenvalue weighted by Gasteiger charge is -2.15. The number of aliphatic hydroxyl groups is 1. The zero-order chi connectivity index (χ0) is 14.1. The van der Waals surface area contributed by atoms with Gasteiger partial charge in [-0.25, -0.2) is 0 Å². The van der Waals surface area contributed by atoms with Gasteiger partial charge in [0.1, 0.15) is 25.9 Å². The first-order chi connectivity index (χ1) is 9.13. The lowest BCUT2D eigenvalue weighted by atomic mass is 10.3. The number of ether oxygens (including phenoxy) is 2. The Labute approximate surface area is 115 Å². The second-order valence-corrected chi connectivity index (χ2v) is 4.73.